The van der Waals surface area contributed by atoms with Crippen LogP contribution in [0, 0.1) is 0 Å². The van der Waals surface area contributed by atoms with Crippen molar-refractivity contribution in [2.24, 2.45) is 0 Å². The van der Waals surface area contributed by atoms with Gasteiger partial charge in [-0.2, -0.15) is 0 Å². The average Bonchev–Trinajstić information content (AvgIpc) is 2.53. The number of rotatable bonds is 6. The summed E-state index contributed by atoms with van der Waals surface area (Å²) in [4.78, 5) is 0. The molecule has 0 saturated carbocycles. The fraction of sp³-hybridized carbons (Fsp3) is 0.333. The predicted octanol–water partition coefficient (Wildman–Crippen LogP) is 2.82. The first-order valence-corrected chi connectivity index (χ1v) is 13.9. The molecule has 0 amide bonds. The first-order valence-electron chi connectivity index (χ1n) is 7.88. The molecule has 3 nitrogen and oxygen atoms in total. The second-order valence-corrected chi connectivity index (χ2v) is 15.4. The van der Waals surface area contributed by atoms with E-state index < -0.39 is 16.5 Å². The van der Waals surface area contributed by atoms with Gasteiger partial charge in [0, 0.05) is 0 Å². The van der Waals surface area contributed by atoms with Crippen molar-refractivity contribution in [3.8, 4) is 11.5 Å². The van der Waals surface area contributed by atoms with Crippen LogP contribution in [0.25, 0.3) is 0 Å². The maximum atomic E-state index is 5.58. The molecular formula is C18H27NO2Si2. The highest BCUT2D eigenvalue weighted by atomic mass is 28.4. The van der Waals surface area contributed by atoms with E-state index in [9.17, 15) is 0 Å². The molecule has 0 heterocycles. The van der Waals surface area contributed by atoms with Gasteiger partial charge in [-0.1, -0.05) is 62.6 Å². The SMILES string of the molecule is COc1ccccc1[Si](C)(C)N[Si](C)(C)c1ccccc1OC. The summed E-state index contributed by atoms with van der Waals surface area (Å²) in [6, 6.07) is 16.7. The van der Waals surface area contributed by atoms with Crippen molar-refractivity contribution in [1.29, 1.82) is 0 Å². The first-order chi connectivity index (χ1) is 10.8. The molecule has 2 aromatic carbocycles. The fourth-order valence-electron chi connectivity index (χ4n) is 3.24. The number of para-hydroxylation sites is 2. The molecule has 0 unspecified atom stereocenters. The molecule has 0 aromatic heterocycles. The normalized spacial score (nSPS) is 12.1. The molecule has 2 aromatic rings. The summed E-state index contributed by atoms with van der Waals surface area (Å²) in [5, 5.41) is 2.61. The van der Waals surface area contributed by atoms with Gasteiger partial charge in [-0.05, 0) is 22.5 Å². The summed E-state index contributed by atoms with van der Waals surface area (Å²) < 4.78 is 15.2. The van der Waals surface area contributed by atoms with E-state index in [0.717, 1.165) is 11.5 Å². The topological polar surface area (TPSA) is 30.5 Å². The third kappa shape index (κ3) is 3.86. The van der Waals surface area contributed by atoms with Crippen molar-refractivity contribution in [3.05, 3.63) is 48.5 Å². The number of nitrogens with one attached hydrogen (secondary N) is 1. The van der Waals surface area contributed by atoms with Gasteiger partial charge >= 0.3 is 0 Å². The van der Waals surface area contributed by atoms with Crippen molar-refractivity contribution in [1.82, 2.24) is 4.65 Å². The molecule has 2 rings (SSSR count). The molecule has 0 spiro atoms. The highest BCUT2D eigenvalue weighted by molar-refractivity contribution is 7.03. The zero-order chi connectivity index (χ0) is 17.1. The molecule has 0 bridgehead atoms. The third-order valence-corrected chi connectivity index (χ3v) is 12.7. The van der Waals surface area contributed by atoms with E-state index in [2.05, 4.69) is 55.1 Å². The van der Waals surface area contributed by atoms with Crippen LogP contribution in [0.4, 0.5) is 0 Å². The smallest absolute Gasteiger partial charge is 0.150 e. The molecule has 0 radical (unpaired) electrons. The monoisotopic (exact) mass is 345 g/mol. The van der Waals surface area contributed by atoms with E-state index in [-0.39, 0.29) is 0 Å². The fourth-order valence-corrected chi connectivity index (χ4v) is 13.2. The van der Waals surface area contributed by atoms with Gasteiger partial charge in [0.2, 0.25) is 0 Å². The lowest BCUT2D eigenvalue weighted by atomic mass is 10.3. The molecule has 1 N–H and O–H groups in total. The molecule has 23 heavy (non-hydrogen) atoms. The van der Waals surface area contributed by atoms with E-state index in [4.69, 9.17) is 9.47 Å². The van der Waals surface area contributed by atoms with E-state index >= 15 is 0 Å². The van der Waals surface area contributed by atoms with E-state index in [1.807, 2.05) is 24.3 Å². The quantitative estimate of drug-likeness (QED) is 0.817. The Kier molecular flexibility index (Phi) is 5.34. The van der Waals surface area contributed by atoms with Crippen LogP contribution in [0.1, 0.15) is 0 Å². The van der Waals surface area contributed by atoms with Crippen molar-refractivity contribution < 1.29 is 9.47 Å². The second-order valence-electron chi connectivity index (χ2n) is 6.78. The summed E-state index contributed by atoms with van der Waals surface area (Å²) >= 11 is 0. The standard InChI is InChI=1S/C18H27NO2Si2/c1-20-15-11-7-9-13-17(15)22(3,4)19-23(5,6)18-14-10-8-12-16(18)21-2/h7-14,19H,1-6H3. The number of hydrogen-bond acceptors (Lipinski definition) is 3. The van der Waals surface area contributed by atoms with Gasteiger partial charge in [0.1, 0.15) is 28.0 Å². The van der Waals surface area contributed by atoms with Crippen LogP contribution in [0.2, 0.25) is 26.2 Å². The summed E-state index contributed by atoms with van der Waals surface area (Å²) in [7, 11) is -0.251. The van der Waals surface area contributed by atoms with Crippen LogP contribution < -0.4 is 24.5 Å². The van der Waals surface area contributed by atoms with Gasteiger partial charge in [0.15, 0.2) is 0 Å². The zero-order valence-corrected chi connectivity index (χ0v) is 16.9. The maximum Gasteiger partial charge on any atom is 0.150 e. The van der Waals surface area contributed by atoms with E-state index in [1.165, 1.54) is 10.4 Å². The van der Waals surface area contributed by atoms with Crippen LogP contribution in [-0.4, -0.2) is 30.7 Å². The van der Waals surface area contributed by atoms with Crippen LogP contribution in [0.15, 0.2) is 48.5 Å². The number of ether oxygens (including phenoxy) is 2. The Labute approximate surface area is 141 Å². The average molecular weight is 346 g/mol. The number of hydrogen-bond donors (Lipinski definition) is 1. The first kappa shape index (κ1) is 17.8. The van der Waals surface area contributed by atoms with Crippen LogP contribution in [-0.2, 0) is 0 Å². The molecule has 0 saturated heterocycles. The number of benzene rings is 2. The van der Waals surface area contributed by atoms with Crippen LogP contribution in [0.5, 0.6) is 11.5 Å². The second kappa shape index (κ2) is 6.90. The molecule has 0 aliphatic carbocycles. The maximum absolute atomic E-state index is 5.58. The van der Waals surface area contributed by atoms with E-state index in [1.54, 1.807) is 14.2 Å². The van der Waals surface area contributed by atoms with E-state index in [0.29, 0.717) is 0 Å². The van der Waals surface area contributed by atoms with Crippen LogP contribution in [0.3, 0.4) is 0 Å². The molecular weight excluding hydrogens is 318 g/mol. The van der Waals surface area contributed by atoms with Crippen molar-refractivity contribution in [2.75, 3.05) is 14.2 Å². The van der Waals surface area contributed by atoms with Crippen molar-refractivity contribution >= 4 is 26.8 Å². The lowest BCUT2D eigenvalue weighted by Crippen LogP contribution is -2.69. The Morgan fingerprint density at radius 3 is 1.35 bits per heavy atom. The molecule has 0 atom stereocenters. The van der Waals surface area contributed by atoms with Crippen LogP contribution >= 0.6 is 0 Å². The summed E-state index contributed by atoms with van der Waals surface area (Å²) in [6.45, 7) is 9.37. The Hall–Kier alpha value is -1.57. The lowest BCUT2D eigenvalue weighted by Gasteiger charge is -2.36. The Morgan fingerprint density at radius 1 is 0.652 bits per heavy atom. The Morgan fingerprint density at radius 2 is 1.00 bits per heavy atom. The predicted molar refractivity (Wildman–Crippen MR) is 103 cm³/mol. The lowest BCUT2D eigenvalue weighted by molar-refractivity contribution is 0.417. The summed E-state index contributed by atoms with van der Waals surface area (Å²) in [5.74, 6) is 1.95. The molecule has 5 heteroatoms. The van der Waals surface area contributed by atoms with Gasteiger partial charge in [-0.3, -0.25) is 0 Å². The highest BCUT2D eigenvalue weighted by Crippen LogP contribution is 2.17. The summed E-state index contributed by atoms with van der Waals surface area (Å²) in [5.41, 5.74) is 0. The minimum absolute atomic E-state index is 0.974. The van der Waals surface area contributed by atoms with Gasteiger partial charge in [0.05, 0.1) is 14.2 Å². The minimum Gasteiger partial charge on any atom is -0.497 e. The molecule has 0 aliphatic rings. The Balaban J connectivity index is 2.38. The Bertz CT molecular complexity index is 614. The molecule has 124 valence electrons. The molecule has 0 fully saturated rings. The van der Waals surface area contributed by atoms with Crippen molar-refractivity contribution in [3.63, 3.8) is 0 Å². The number of methoxy groups -OCH3 is 2. The van der Waals surface area contributed by atoms with Crippen molar-refractivity contribution in [2.45, 2.75) is 26.2 Å². The van der Waals surface area contributed by atoms with Gasteiger partial charge in [-0.15, -0.1) is 0 Å². The van der Waals surface area contributed by atoms with Gasteiger partial charge < -0.3 is 14.1 Å². The minimum atomic E-state index is -1.87. The molecule has 0 aliphatic heterocycles. The van der Waals surface area contributed by atoms with Gasteiger partial charge in [0.25, 0.3) is 0 Å². The zero-order valence-electron chi connectivity index (χ0n) is 14.9. The highest BCUT2D eigenvalue weighted by Gasteiger charge is 2.36. The third-order valence-electron chi connectivity index (χ3n) is 4.19. The summed E-state index contributed by atoms with van der Waals surface area (Å²) in [6.07, 6.45) is 0. The largest absolute Gasteiger partial charge is 0.497 e. The van der Waals surface area contributed by atoms with Gasteiger partial charge in [-0.25, -0.2) is 0 Å².